The summed E-state index contributed by atoms with van der Waals surface area (Å²) in [6, 6.07) is 6.27. The van der Waals surface area contributed by atoms with Crippen LogP contribution in [-0.2, 0) is 0 Å². The molecular weight excluding hydrogens is 475 g/mol. The standard InChI is InChI=1S/C24H22Cl2N6O2/c25-18-4-3-16(9-19(18)26)32-22(33)10-21(23(30-32)20-13-27-20)34-17-5-7-31(8-6-17)24-28-11-15(12-29-24)14-1-2-14/h3-4,9-14,17,20H,1-2,5-8H2. The van der Waals surface area contributed by atoms with Gasteiger partial charge in [0.1, 0.15) is 17.8 Å². The molecule has 1 saturated carbocycles. The van der Waals surface area contributed by atoms with Crippen LogP contribution in [0, 0.1) is 0 Å². The minimum absolute atomic E-state index is 0.0264. The zero-order valence-corrected chi connectivity index (χ0v) is 19.8. The third-order valence-electron chi connectivity index (χ3n) is 6.37. The Bertz CT molecular complexity index is 1310. The van der Waals surface area contributed by atoms with E-state index in [0.717, 1.165) is 31.9 Å². The van der Waals surface area contributed by atoms with Gasteiger partial charge in [-0.1, -0.05) is 23.2 Å². The Kier molecular flexibility index (Phi) is 5.50. The highest BCUT2D eigenvalue weighted by molar-refractivity contribution is 6.42. The molecule has 1 saturated heterocycles. The lowest BCUT2D eigenvalue weighted by atomic mass is 10.1. The maximum absolute atomic E-state index is 12.9. The first-order valence-corrected chi connectivity index (χ1v) is 12.2. The molecule has 4 heterocycles. The summed E-state index contributed by atoms with van der Waals surface area (Å²) in [7, 11) is 0. The second-order valence-corrected chi connectivity index (χ2v) is 9.69. The Balaban J connectivity index is 1.17. The fourth-order valence-electron chi connectivity index (χ4n) is 4.21. The van der Waals surface area contributed by atoms with Gasteiger partial charge in [-0.05, 0) is 42.5 Å². The summed E-state index contributed by atoms with van der Waals surface area (Å²) in [4.78, 5) is 28.4. The SMILES string of the molecule is O=c1cc(OC2CCN(c3ncc(C4CC4)cn3)CC2)c(C2C=N2)nn1-c1ccc(Cl)c(Cl)c1. The van der Waals surface area contributed by atoms with Gasteiger partial charge in [0.05, 0.1) is 15.7 Å². The highest BCUT2D eigenvalue weighted by atomic mass is 35.5. The molecule has 10 heteroatoms. The van der Waals surface area contributed by atoms with Crippen molar-refractivity contribution in [1.29, 1.82) is 0 Å². The van der Waals surface area contributed by atoms with Gasteiger partial charge in [-0.2, -0.15) is 9.78 Å². The van der Waals surface area contributed by atoms with Crippen molar-refractivity contribution in [3.8, 4) is 11.4 Å². The fourth-order valence-corrected chi connectivity index (χ4v) is 4.51. The molecule has 2 aromatic heterocycles. The first-order valence-electron chi connectivity index (χ1n) is 11.4. The second kappa shape index (κ2) is 8.67. The van der Waals surface area contributed by atoms with Gasteiger partial charge in [0, 0.05) is 50.6 Å². The molecule has 0 radical (unpaired) electrons. The topological polar surface area (TPSA) is 85.5 Å². The number of benzene rings is 1. The van der Waals surface area contributed by atoms with E-state index in [1.165, 1.54) is 29.2 Å². The van der Waals surface area contributed by atoms with Crippen LogP contribution in [0.1, 0.15) is 48.9 Å². The van der Waals surface area contributed by atoms with Gasteiger partial charge in [0.2, 0.25) is 5.95 Å². The number of piperidine rings is 1. The Morgan fingerprint density at radius 3 is 2.35 bits per heavy atom. The van der Waals surface area contributed by atoms with Crippen molar-refractivity contribution in [3.63, 3.8) is 0 Å². The molecule has 1 unspecified atom stereocenters. The van der Waals surface area contributed by atoms with E-state index in [9.17, 15) is 4.79 Å². The van der Waals surface area contributed by atoms with Gasteiger partial charge in [-0.3, -0.25) is 9.79 Å². The highest BCUT2D eigenvalue weighted by Gasteiger charge is 2.29. The smallest absolute Gasteiger partial charge is 0.275 e. The zero-order valence-electron chi connectivity index (χ0n) is 18.3. The zero-order chi connectivity index (χ0) is 23.2. The minimum atomic E-state index is -0.306. The summed E-state index contributed by atoms with van der Waals surface area (Å²) in [5.74, 6) is 1.90. The third kappa shape index (κ3) is 4.40. The molecule has 34 heavy (non-hydrogen) atoms. The molecule has 0 bridgehead atoms. The van der Waals surface area contributed by atoms with Crippen LogP contribution in [-0.4, -0.2) is 45.2 Å². The molecule has 174 valence electrons. The van der Waals surface area contributed by atoms with E-state index >= 15 is 0 Å². The van der Waals surface area contributed by atoms with Gasteiger partial charge < -0.3 is 9.64 Å². The molecule has 1 aliphatic carbocycles. The van der Waals surface area contributed by atoms with Crippen molar-refractivity contribution in [1.82, 2.24) is 19.7 Å². The first-order chi connectivity index (χ1) is 16.5. The lowest BCUT2D eigenvalue weighted by Crippen LogP contribution is -2.39. The van der Waals surface area contributed by atoms with E-state index in [4.69, 9.17) is 27.9 Å². The number of hydrogen-bond acceptors (Lipinski definition) is 7. The van der Waals surface area contributed by atoms with Crippen LogP contribution < -0.4 is 15.2 Å². The summed E-state index contributed by atoms with van der Waals surface area (Å²) in [5.41, 5.74) is 2.08. The Hall–Kier alpha value is -2.97. The van der Waals surface area contributed by atoms with Gasteiger partial charge in [0.25, 0.3) is 5.56 Å². The lowest BCUT2D eigenvalue weighted by molar-refractivity contribution is 0.167. The number of anilines is 1. The van der Waals surface area contributed by atoms with E-state index in [0.29, 0.717) is 33.1 Å². The summed E-state index contributed by atoms with van der Waals surface area (Å²) < 4.78 is 7.58. The van der Waals surface area contributed by atoms with Gasteiger partial charge in [0.15, 0.2) is 5.75 Å². The minimum Gasteiger partial charge on any atom is -0.488 e. The Morgan fingerprint density at radius 1 is 0.971 bits per heavy atom. The fraction of sp³-hybridized carbons (Fsp3) is 0.375. The van der Waals surface area contributed by atoms with Crippen molar-refractivity contribution in [3.05, 3.63) is 68.3 Å². The molecule has 3 aromatic rings. The molecule has 1 atom stereocenters. The average molecular weight is 497 g/mol. The number of ether oxygens (including phenoxy) is 1. The largest absolute Gasteiger partial charge is 0.488 e. The maximum Gasteiger partial charge on any atom is 0.275 e. The van der Waals surface area contributed by atoms with Crippen LogP contribution in [0.3, 0.4) is 0 Å². The van der Waals surface area contributed by atoms with Crippen molar-refractivity contribution >= 4 is 35.4 Å². The Morgan fingerprint density at radius 2 is 1.71 bits per heavy atom. The summed E-state index contributed by atoms with van der Waals surface area (Å²) >= 11 is 12.1. The number of hydrogen-bond donors (Lipinski definition) is 0. The van der Waals surface area contributed by atoms with Crippen LogP contribution in [0.2, 0.25) is 10.0 Å². The normalized spacial score (nSPS) is 19.9. The molecule has 1 aromatic carbocycles. The van der Waals surface area contributed by atoms with Crippen LogP contribution >= 0.6 is 23.2 Å². The van der Waals surface area contributed by atoms with Gasteiger partial charge in [-0.25, -0.2) is 9.97 Å². The van der Waals surface area contributed by atoms with Crippen molar-refractivity contribution in [2.24, 2.45) is 4.99 Å². The maximum atomic E-state index is 12.9. The highest BCUT2D eigenvalue weighted by Crippen LogP contribution is 2.39. The quantitative estimate of drug-likeness (QED) is 0.503. The van der Waals surface area contributed by atoms with Gasteiger partial charge >= 0.3 is 0 Å². The van der Waals surface area contributed by atoms with Crippen LogP contribution in [0.15, 0.2) is 46.4 Å². The molecule has 6 rings (SSSR count). The number of rotatable bonds is 6. The van der Waals surface area contributed by atoms with E-state index in [1.54, 1.807) is 24.4 Å². The van der Waals surface area contributed by atoms with Crippen LogP contribution in [0.5, 0.6) is 5.75 Å². The van der Waals surface area contributed by atoms with Crippen molar-refractivity contribution < 1.29 is 4.74 Å². The van der Waals surface area contributed by atoms with E-state index in [-0.39, 0.29) is 17.7 Å². The molecule has 3 aliphatic rings. The average Bonchev–Trinajstić information content (AvgIpc) is 3.76. The van der Waals surface area contributed by atoms with Crippen LogP contribution in [0.25, 0.3) is 5.69 Å². The van der Waals surface area contributed by atoms with E-state index in [2.05, 4.69) is 25.0 Å². The number of nitrogens with zero attached hydrogens (tertiary/aromatic N) is 6. The monoisotopic (exact) mass is 496 g/mol. The second-order valence-electron chi connectivity index (χ2n) is 8.88. The van der Waals surface area contributed by atoms with E-state index in [1.807, 2.05) is 12.4 Å². The number of halogens is 2. The molecule has 0 amide bonds. The molecular formula is C24H22Cl2N6O2. The third-order valence-corrected chi connectivity index (χ3v) is 7.11. The van der Waals surface area contributed by atoms with Crippen LogP contribution in [0.4, 0.5) is 5.95 Å². The number of aromatic nitrogens is 4. The first kappa shape index (κ1) is 21.6. The summed E-state index contributed by atoms with van der Waals surface area (Å²) in [6.45, 7) is 1.58. The molecule has 8 nitrogen and oxygen atoms in total. The van der Waals surface area contributed by atoms with Gasteiger partial charge in [-0.15, -0.1) is 0 Å². The van der Waals surface area contributed by atoms with Crippen molar-refractivity contribution in [2.45, 2.75) is 43.7 Å². The lowest BCUT2D eigenvalue weighted by Gasteiger charge is -2.32. The summed E-state index contributed by atoms with van der Waals surface area (Å²) in [5, 5.41) is 5.33. The molecule has 2 aliphatic heterocycles. The molecule has 0 N–H and O–H groups in total. The molecule has 0 spiro atoms. The molecule has 2 fully saturated rings. The van der Waals surface area contributed by atoms with Crippen molar-refractivity contribution in [2.75, 3.05) is 18.0 Å². The number of aliphatic imine (C=N–C) groups is 1. The van der Waals surface area contributed by atoms with E-state index < -0.39 is 0 Å². The summed E-state index contributed by atoms with van der Waals surface area (Å²) in [6.07, 6.45) is 9.76. The predicted octanol–water partition coefficient (Wildman–Crippen LogP) is 4.38. The Labute approximate surface area is 206 Å². The predicted molar refractivity (Wildman–Crippen MR) is 131 cm³/mol.